The van der Waals surface area contributed by atoms with E-state index in [4.69, 9.17) is 28.9 Å². The third kappa shape index (κ3) is 4.97. The standard InChI is InChI=1S/C18H17Cl2N3O3/c1-10(24)22-15-8-3-2-5-11(15)18(26)23-16(17(21)25)9-12-13(19)6-4-7-14(12)20/h2-8,16H,9H2,1H3,(H2,21,25)(H,22,24)(H,23,26)/t16-/m1/s1. The number of para-hydroxylation sites is 1. The fourth-order valence-electron chi connectivity index (χ4n) is 2.37. The molecular formula is C18H17Cl2N3O3. The molecule has 0 aromatic heterocycles. The summed E-state index contributed by atoms with van der Waals surface area (Å²) in [5.41, 5.74) is 6.47. The monoisotopic (exact) mass is 393 g/mol. The van der Waals surface area contributed by atoms with E-state index in [0.29, 0.717) is 21.3 Å². The number of hydrogen-bond acceptors (Lipinski definition) is 3. The molecule has 1 atom stereocenters. The molecule has 2 rings (SSSR count). The summed E-state index contributed by atoms with van der Waals surface area (Å²) in [5.74, 6) is -1.60. The number of amides is 3. The van der Waals surface area contributed by atoms with Crippen molar-refractivity contribution < 1.29 is 14.4 Å². The Morgan fingerprint density at radius 3 is 2.23 bits per heavy atom. The van der Waals surface area contributed by atoms with Crippen LogP contribution < -0.4 is 16.4 Å². The van der Waals surface area contributed by atoms with Gasteiger partial charge in [-0.05, 0) is 29.8 Å². The summed E-state index contributed by atoms with van der Waals surface area (Å²) in [4.78, 5) is 35.7. The molecule has 6 nitrogen and oxygen atoms in total. The maximum Gasteiger partial charge on any atom is 0.254 e. The van der Waals surface area contributed by atoms with Crippen LogP contribution in [-0.2, 0) is 16.0 Å². The lowest BCUT2D eigenvalue weighted by Crippen LogP contribution is -2.46. The van der Waals surface area contributed by atoms with E-state index in [1.165, 1.54) is 13.0 Å². The van der Waals surface area contributed by atoms with Crippen LogP contribution in [0.15, 0.2) is 42.5 Å². The van der Waals surface area contributed by atoms with Gasteiger partial charge in [0, 0.05) is 23.4 Å². The molecule has 26 heavy (non-hydrogen) atoms. The van der Waals surface area contributed by atoms with Gasteiger partial charge in [0.05, 0.1) is 11.3 Å². The maximum absolute atomic E-state index is 12.6. The van der Waals surface area contributed by atoms with Crippen LogP contribution in [0.4, 0.5) is 5.69 Å². The summed E-state index contributed by atoms with van der Waals surface area (Å²) in [6.07, 6.45) is 0.0435. The number of halogens is 2. The van der Waals surface area contributed by atoms with Crippen LogP contribution in [0.2, 0.25) is 10.0 Å². The average Bonchev–Trinajstić information content (AvgIpc) is 2.56. The van der Waals surface area contributed by atoms with Crippen LogP contribution in [0.25, 0.3) is 0 Å². The zero-order chi connectivity index (χ0) is 19.3. The van der Waals surface area contributed by atoms with Gasteiger partial charge in [-0.3, -0.25) is 14.4 Å². The SMILES string of the molecule is CC(=O)Nc1ccccc1C(=O)N[C@H](Cc1c(Cl)cccc1Cl)C(N)=O. The number of benzene rings is 2. The number of nitrogens with two attached hydrogens (primary N) is 1. The molecule has 0 bridgehead atoms. The van der Waals surface area contributed by atoms with Gasteiger partial charge in [-0.2, -0.15) is 0 Å². The number of hydrogen-bond donors (Lipinski definition) is 3. The van der Waals surface area contributed by atoms with Gasteiger partial charge in [0.15, 0.2) is 0 Å². The lowest BCUT2D eigenvalue weighted by molar-refractivity contribution is -0.119. The number of primary amides is 1. The minimum atomic E-state index is -1.02. The van der Waals surface area contributed by atoms with Crippen LogP contribution in [-0.4, -0.2) is 23.8 Å². The van der Waals surface area contributed by atoms with Crippen LogP contribution in [0.3, 0.4) is 0 Å². The van der Waals surface area contributed by atoms with E-state index < -0.39 is 17.9 Å². The first kappa shape index (κ1) is 19.8. The van der Waals surface area contributed by atoms with Crippen molar-refractivity contribution in [3.8, 4) is 0 Å². The van der Waals surface area contributed by atoms with Crippen LogP contribution in [0, 0.1) is 0 Å². The van der Waals surface area contributed by atoms with Gasteiger partial charge < -0.3 is 16.4 Å². The lowest BCUT2D eigenvalue weighted by Gasteiger charge is -2.18. The Hall–Kier alpha value is -2.57. The zero-order valence-electron chi connectivity index (χ0n) is 13.9. The molecule has 0 aliphatic rings. The van der Waals surface area contributed by atoms with Crippen molar-refractivity contribution in [2.45, 2.75) is 19.4 Å². The number of carbonyl (C=O) groups is 3. The summed E-state index contributed by atoms with van der Waals surface area (Å²) in [5, 5.41) is 5.88. The Labute approximate surface area is 160 Å². The summed E-state index contributed by atoms with van der Waals surface area (Å²) < 4.78 is 0. The third-order valence-corrected chi connectivity index (χ3v) is 4.31. The average molecular weight is 394 g/mol. The van der Waals surface area contributed by atoms with Gasteiger partial charge in [-0.1, -0.05) is 41.4 Å². The van der Waals surface area contributed by atoms with Crippen molar-refractivity contribution >= 4 is 46.6 Å². The molecule has 2 aromatic rings. The quantitative estimate of drug-likeness (QED) is 0.702. The molecule has 0 saturated heterocycles. The molecule has 4 N–H and O–H groups in total. The van der Waals surface area contributed by atoms with Gasteiger partial charge in [-0.15, -0.1) is 0 Å². The molecule has 136 valence electrons. The van der Waals surface area contributed by atoms with E-state index in [1.54, 1.807) is 36.4 Å². The van der Waals surface area contributed by atoms with E-state index in [9.17, 15) is 14.4 Å². The topological polar surface area (TPSA) is 101 Å². The first-order valence-electron chi connectivity index (χ1n) is 7.69. The zero-order valence-corrected chi connectivity index (χ0v) is 15.4. The molecular weight excluding hydrogens is 377 g/mol. The lowest BCUT2D eigenvalue weighted by atomic mass is 10.0. The number of rotatable bonds is 6. The third-order valence-electron chi connectivity index (χ3n) is 3.60. The second-order valence-electron chi connectivity index (χ2n) is 5.56. The van der Waals surface area contributed by atoms with Gasteiger partial charge in [-0.25, -0.2) is 0 Å². The highest BCUT2D eigenvalue weighted by Crippen LogP contribution is 2.25. The molecule has 0 radical (unpaired) electrons. The second-order valence-corrected chi connectivity index (χ2v) is 6.37. The number of carbonyl (C=O) groups excluding carboxylic acids is 3. The highest BCUT2D eigenvalue weighted by Gasteiger charge is 2.23. The van der Waals surface area contributed by atoms with Crippen molar-refractivity contribution in [3.63, 3.8) is 0 Å². The van der Waals surface area contributed by atoms with E-state index in [0.717, 1.165) is 0 Å². The van der Waals surface area contributed by atoms with Crippen molar-refractivity contribution in [1.82, 2.24) is 5.32 Å². The van der Waals surface area contributed by atoms with E-state index in [1.807, 2.05) is 0 Å². The molecule has 0 heterocycles. The summed E-state index contributed by atoms with van der Waals surface area (Å²) in [7, 11) is 0. The molecule has 3 amide bonds. The van der Waals surface area contributed by atoms with Crippen LogP contribution in [0.1, 0.15) is 22.8 Å². The molecule has 0 unspecified atom stereocenters. The van der Waals surface area contributed by atoms with E-state index >= 15 is 0 Å². The van der Waals surface area contributed by atoms with Gasteiger partial charge in [0.25, 0.3) is 5.91 Å². The van der Waals surface area contributed by atoms with Gasteiger partial charge >= 0.3 is 0 Å². The fraction of sp³-hybridized carbons (Fsp3) is 0.167. The van der Waals surface area contributed by atoms with E-state index in [-0.39, 0.29) is 17.9 Å². The maximum atomic E-state index is 12.6. The largest absolute Gasteiger partial charge is 0.368 e. The Morgan fingerprint density at radius 1 is 1.04 bits per heavy atom. The highest BCUT2D eigenvalue weighted by molar-refractivity contribution is 6.36. The minimum Gasteiger partial charge on any atom is -0.368 e. The molecule has 0 spiro atoms. The molecule has 0 aliphatic carbocycles. The van der Waals surface area contributed by atoms with Crippen molar-refractivity contribution in [1.29, 1.82) is 0 Å². The first-order chi connectivity index (χ1) is 12.3. The van der Waals surface area contributed by atoms with E-state index in [2.05, 4.69) is 10.6 Å². The fourth-order valence-corrected chi connectivity index (χ4v) is 2.92. The van der Waals surface area contributed by atoms with Crippen molar-refractivity contribution in [3.05, 3.63) is 63.6 Å². The highest BCUT2D eigenvalue weighted by atomic mass is 35.5. The number of nitrogens with one attached hydrogen (secondary N) is 2. The first-order valence-corrected chi connectivity index (χ1v) is 8.45. The Balaban J connectivity index is 2.24. The van der Waals surface area contributed by atoms with Crippen molar-refractivity contribution in [2.75, 3.05) is 5.32 Å². The molecule has 8 heteroatoms. The van der Waals surface area contributed by atoms with Gasteiger partial charge in [0.2, 0.25) is 11.8 Å². The molecule has 0 saturated carbocycles. The molecule has 0 aliphatic heterocycles. The Bertz CT molecular complexity index is 835. The Morgan fingerprint density at radius 2 is 1.65 bits per heavy atom. The summed E-state index contributed by atoms with van der Waals surface area (Å²) >= 11 is 12.2. The predicted molar refractivity (Wildman–Crippen MR) is 101 cm³/mol. The minimum absolute atomic E-state index is 0.0435. The van der Waals surface area contributed by atoms with Crippen molar-refractivity contribution in [2.24, 2.45) is 5.73 Å². The predicted octanol–water partition coefficient (Wildman–Crippen LogP) is 2.78. The number of anilines is 1. The second kappa shape index (κ2) is 8.69. The van der Waals surface area contributed by atoms with Crippen LogP contribution in [0.5, 0.6) is 0 Å². The molecule has 0 fully saturated rings. The summed E-state index contributed by atoms with van der Waals surface area (Å²) in [6.45, 7) is 1.33. The molecule has 2 aromatic carbocycles. The van der Waals surface area contributed by atoms with Gasteiger partial charge in [0.1, 0.15) is 6.04 Å². The Kier molecular flexibility index (Phi) is 6.60. The smallest absolute Gasteiger partial charge is 0.254 e. The normalized spacial score (nSPS) is 11.5. The van der Waals surface area contributed by atoms with Crippen LogP contribution >= 0.6 is 23.2 Å². The summed E-state index contributed by atoms with van der Waals surface area (Å²) in [6, 6.07) is 10.4.